The van der Waals surface area contributed by atoms with Gasteiger partial charge < -0.3 is 5.21 Å². The number of hydrogen-bond donors (Lipinski definition) is 1. The molecule has 0 amide bonds. The van der Waals surface area contributed by atoms with Crippen molar-refractivity contribution < 1.29 is 13.6 Å². The fraction of sp³-hybridized carbons (Fsp3) is 0.235. The molecule has 6 heteroatoms. The minimum absolute atomic E-state index is 0.0592. The van der Waals surface area contributed by atoms with Gasteiger partial charge in [-0.25, -0.2) is 8.42 Å². The number of fused-ring (bicyclic) bond motifs is 1. The van der Waals surface area contributed by atoms with Crippen LogP contribution in [0.2, 0.25) is 0 Å². The molecule has 5 nitrogen and oxygen atoms in total. The van der Waals surface area contributed by atoms with Crippen molar-refractivity contribution >= 4 is 21.4 Å². The number of hydrogen-bond acceptors (Lipinski definition) is 4. The topological polar surface area (TPSA) is 70.0 Å². The maximum absolute atomic E-state index is 13.1. The minimum Gasteiger partial charge on any atom is -0.411 e. The molecule has 1 N–H and O–H groups in total. The number of nitrogens with zero attached hydrogens (tertiary/aromatic N) is 2. The van der Waals surface area contributed by atoms with Crippen LogP contribution in [0.1, 0.15) is 17.5 Å². The molecule has 0 saturated carbocycles. The van der Waals surface area contributed by atoms with Crippen molar-refractivity contribution in [2.24, 2.45) is 5.16 Å². The molecule has 0 unspecified atom stereocenters. The van der Waals surface area contributed by atoms with E-state index in [-0.39, 0.29) is 11.4 Å². The van der Waals surface area contributed by atoms with Crippen LogP contribution in [0.3, 0.4) is 0 Å². The number of sulfonamides is 1. The van der Waals surface area contributed by atoms with Crippen molar-refractivity contribution in [3.05, 3.63) is 59.7 Å². The third-order valence-corrected chi connectivity index (χ3v) is 5.79. The van der Waals surface area contributed by atoms with E-state index in [1.54, 1.807) is 30.3 Å². The van der Waals surface area contributed by atoms with E-state index in [1.807, 2.05) is 25.1 Å². The van der Waals surface area contributed by atoms with Gasteiger partial charge >= 0.3 is 0 Å². The predicted octanol–water partition coefficient (Wildman–Crippen LogP) is 2.97. The first kappa shape index (κ1) is 15.6. The third kappa shape index (κ3) is 2.94. The lowest BCUT2D eigenvalue weighted by Gasteiger charge is -2.24. The van der Waals surface area contributed by atoms with Gasteiger partial charge in [0.1, 0.15) is 0 Å². The SMILES string of the molecule is Cc1ccc(S(=O)(=O)N2CC(=NO)CCc3ccccc32)cc1. The molecular weight excluding hydrogens is 312 g/mol. The summed E-state index contributed by atoms with van der Waals surface area (Å²) in [5.74, 6) is 0. The Labute approximate surface area is 135 Å². The van der Waals surface area contributed by atoms with E-state index in [0.29, 0.717) is 24.2 Å². The lowest BCUT2D eigenvalue weighted by molar-refractivity contribution is 0.317. The van der Waals surface area contributed by atoms with Crippen LogP contribution in [0.5, 0.6) is 0 Å². The highest BCUT2D eigenvalue weighted by Crippen LogP contribution is 2.30. The standard InChI is InChI=1S/C17H18N2O3S/c1-13-6-10-16(11-7-13)23(21,22)19-12-15(18-20)9-8-14-4-2-3-5-17(14)19/h2-7,10-11,20H,8-9,12H2,1H3. The van der Waals surface area contributed by atoms with Gasteiger partial charge in [-0.05, 0) is 43.5 Å². The molecule has 0 saturated heterocycles. The fourth-order valence-corrected chi connectivity index (χ4v) is 4.20. The van der Waals surface area contributed by atoms with E-state index in [1.165, 1.54) is 4.31 Å². The van der Waals surface area contributed by atoms with Gasteiger partial charge in [-0.2, -0.15) is 0 Å². The van der Waals surface area contributed by atoms with Crippen LogP contribution in [0, 0.1) is 6.92 Å². The first-order chi connectivity index (χ1) is 11.0. The molecule has 2 aromatic rings. The number of rotatable bonds is 2. The molecule has 2 aromatic carbocycles. The lowest BCUT2D eigenvalue weighted by Crippen LogP contribution is -2.35. The molecule has 0 fully saturated rings. The zero-order valence-electron chi connectivity index (χ0n) is 12.8. The van der Waals surface area contributed by atoms with Gasteiger partial charge in [-0.3, -0.25) is 4.31 Å². The highest BCUT2D eigenvalue weighted by Gasteiger charge is 2.30. The van der Waals surface area contributed by atoms with Gasteiger partial charge in [0.25, 0.3) is 10.0 Å². The van der Waals surface area contributed by atoms with Crippen LogP contribution in [0.4, 0.5) is 5.69 Å². The van der Waals surface area contributed by atoms with Crippen molar-refractivity contribution in [3.63, 3.8) is 0 Å². The second kappa shape index (κ2) is 6.04. The fourth-order valence-electron chi connectivity index (χ4n) is 2.71. The second-order valence-corrected chi connectivity index (χ2v) is 7.48. The van der Waals surface area contributed by atoms with Gasteiger partial charge in [-0.15, -0.1) is 0 Å². The quantitative estimate of drug-likeness (QED) is 0.680. The molecule has 0 spiro atoms. The van der Waals surface area contributed by atoms with Gasteiger partial charge in [0.05, 0.1) is 22.8 Å². The first-order valence-corrected chi connectivity index (χ1v) is 8.83. The number of aryl methyl sites for hydroxylation is 2. The Balaban J connectivity index is 2.13. The second-order valence-electron chi connectivity index (χ2n) is 5.62. The van der Waals surface area contributed by atoms with Crippen LogP contribution in [-0.4, -0.2) is 25.9 Å². The Morgan fingerprint density at radius 3 is 2.43 bits per heavy atom. The van der Waals surface area contributed by atoms with Crippen molar-refractivity contribution in [2.75, 3.05) is 10.8 Å². The molecule has 0 aromatic heterocycles. The first-order valence-electron chi connectivity index (χ1n) is 7.39. The van der Waals surface area contributed by atoms with Crippen molar-refractivity contribution in [3.8, 4) is 0 Å². The predicted molar refractivity (Wildman–Crippen MR) is 89.7 cm³/mol. The summed E-state index contributed by atoms with van der Waals surface area (Å²) in [5.41, 5.74) is 3.03. The van der Waals surface area contributed by atoms with Gasteiger partial charge in [-0.1, -0.05) is 41.1 Å². The summed E-state index contributed by atoms with van der Waals surface area (Å²) < 4.78 is 27.5. The normalized spacial score (nSPS) is 16.9. The number of anilines is 1. The Morgan fingerprint density at radius 2 is 1.74 bits per heavy atom. The van der Waals surface area contributed by atoms with Crippen LogP contribution in [0.25, 0.3) is 0 Å². The number of benzene rings is 2. The molecule has 3 rings (SSSR count). The van der Waals surface area contributed by atoms with Crippen molar-refractivity contribution in [2.45, 2.75) is 24.7 Å². The van der Waals surface area contributed by atoms with E-state index < -0.39 is 10.0 Å². The monoisotopic (exact) mass is 330 g/mol. The van der Waals surface area contributed by atoms with Crippen LogP contribution >= 0.6 is 0 Å². The number of oxime groups is 1. The summed E-state index contributed by atoms with van der Waals surface area (Å²) in [6.45, 7) is 1.97. The molecule has 1 heterocycles. The highest BCUT2D eigenvalue weighted by atomic mass is 32.2. The summed E-state index contributed by atoms with van der Waals surface area (Å²) in [6.07, 6.45) is 1.18. The van der Waals surface area contributed by atoms with E-state index in [4.69, 9.17) is 5.21 Å². The molecular formula is C17H18N2O3S. The molecule has 1 aliphatic rings. The van der Waals surface area contributed by atoms with Gasteiger partial charge in [0, 0.05) is 0 Å². The summed E-state index contributed by atoms with van der Waals surface area (Å²) in [7, 11) is -3.72. The average molecular weight is 330 g/mol. The number of para-hydroxylation sites is 1. The van der Waals surface area contributed by atoms with Crippen molar-refractivity contribution in [1.82, 2.24) is 0 Å². The highest BCUT2D eigenvalue weighted by molar-refractivity contribution is 7.92. The zero-order chi connectivity index (χ0) is 16.4. The van der Waals surface area contributed by atoms with Gasteiger partial charge in [0.2, 0.25) is 0 Å². The van der Waals surface area contributed by atoms with Crippen LogP contribution < -0.4 is 4.31 Å². The Hall–Kier alpha value is -2.34. The zero-order valence-corrected chi connectivity index (χ0v) is 13.6. The lowest BCUT2D eigenvalue weighted by atomic mass is 10.1. The van der Waals surface area contributed by atoms with E-state index >= 15 is 0 Å². The minimum atomic E-state index is -3.72. The molecule has 23 heavy (non-hydrogen) atoms. The maximum atomic E-state index is 13.1. The largest absolute Gasteiger partial charge is 0.411 e. The van der Waals surface area contributed by atoms with E-state index in [0.717, 1.165) is 11.1 Å². The maximum Gasteiger partial charge on any atom is 0.264 e. The Bertz CT molecular complexity index is 842. The van der Waals surface area contributed by atoms with Crippen LogP contribution in [-0.2, 0) is 16.4 Å². The molecule has 0 aliphatic carbocycles. The summed E-state index contributed by atoms with van der Waals surface area (Å²) >= 11 is 0. The molecule has 0 atom stereocenters. The van der Waals surface area contributed by atoms with E-state index in [2.05, 4.69) is 5.16 Å². The molecule has 1 aliphatic heterocycles. The Morgan fingerprint density at radius 1 is 1.04 bits per heavy atom. The van der Waals surface area contributed by atoms with Gasteiger partial charge in [0.15, 0.2) is 0 Å². The van der Waals surface area contributed by atoms with E-state index in [9.17, 15) is 8.42 Å². The summed E-state index contributed by atoms with van der Waals surface area (Å²) in [4.78, 5) is 0.233. The molecule has 120 valence electrons. The molecule has 0 bridgehead atoms. The Kier molecular flexibility index (Phi) is 4.09. The average Bonchev–Trinajstić information content (AvgIpc) is 2.75. The third-order valence-electron chi connectivity index (χ3n) is 4.02. The summed E-state index contributed by atoms with van der Waals surface area (Å²) in [6, 6.07) is 14.2. The smallest absolute Gasteiger partial charge is 0.264 e. The van der Waals surface area contributed by atoms with Crippen LogP contribution in [0.15, 0.2) is 58.6 Å². The van der Waals surface area contributed by atoms with Crippen molar-refractivity contribution in [1.29, 1.82) is 0 Å². The summed E-state index contributed by atoms with van der Waals surface area (Å²) in [5, 5.41) is 12.4. The molecule has 0 radical (unpaired) electrons.